The Morgan fingerprint density at radius 1 is 1.27 bits per heavy atom. The van der Waals surface area contributed by atoms with Crippen LogP contribution in [0.1, 0.15) is 18.1 Å². The molecule has 3 rings (SSSR count). The summed E-state index contributed by atoms with van der Waals surface area (Å²) in [5.41, 5.74) is 4.66. The topological polar surface area (TPSA) is 87.4 Å². The van der Waals surface area contributed by atoms with E-state index in [2.05, 4.69) is 15.5 Å². The van der Waals surface area contributed by atoms with Crippen LogP contribution < -0.4 is 10.2 Å². The second-order valence-corrected chi connectivity index (χ2v) is 5.59. The van der Waals surface area contributed by atoms with Crippen LogP contribution in [-0.2, 0) is 4.79 Å². The van der Waals surface area contributed by atoms with Gasteiger partial charge in [-0.25, -0.2) is 5.43 Å². The summed E-state index contributed by atoms with van der Waals surface area (Å²) >= 11 is 0. The summed E-state index contributed by atoms with van der Waals surface area (Å²) in [5.74, 6) is 0.227. The molecule has 0 aliphatic heterocycles. The summed E-state index contributed by atoms with van der Waals surface area (Å²) in [6, 6.07) is 18.1. The molecule has 1 unspecified atom stereocenters. The first-order chi connectivity index (χ1) is 12.7. The van der Waals surface area contributed by atoms with Gasteiger partial charge in [0, 0.05) is 11.6 Å². The second kappa shape index (κ2) is 7.90. The van der Waals surface area contributed by atoms with Crippen molar-refractivity contribution in [3.8, 4) is 11.8 Å². The smallest absolute Gasteiger partial charge is 0.280 e. The summed E-state index contributed by atoms with van der Waals surface area (Å²) in [7, 11) is 0. The molecule has 0 saturated heterocycles. The van der Waals surface area contributed by atoms with Gasteiger partial charge in [0.1, 0.15) is 5.75 Å². The van der Waals surface area contributed by atoms with Crippen molar-refractivity contribution in [2.24, 2.45) is 5.10 Å². The molecule has 0 radical (unpaired) electrons. The Morgan fingerprint density at radius 3 is 2.85 bits per heavy atom. The second-order valence-electron chi connectivity index (χ2n) is 5.59. The molecule has 1 amide bonds. The highest BCUT2D eigenvalue weighted by Crippen LogP contribution is 2.19. The van der Waals surface area contributed by atoms with E-state index in [1.807, 2.05) is 30.3 Å². The van der Waals surface area contributed by atoms with Gasteiger partial charge >= 0.3 is 0 Å². The predicted molar refractivity (Wildman–Crippen MR) is 98.7 cm³/mol. The van der Waals surface area contributed by atoms with E-state index < -0.39 is 6.10 Å². The van der Waals surface area contributed by atoms with Crippen LogP contribution in [0.3, 0.4) is 0 Å². The number of nitriles is 1. The maximum Gasteiger partial charge on any atom is 0.280 e. The highest BCUT2D eigenvalue weighted by molar-refractivity contribution is 5.84. The average molecular weight is 344 g/mol. The van der Waals surface area contributed by atoms with Gasteiger partial charge in [0.25, 0.3) is 5.91 Å². The van der Waals surface area contributed by atoms with Crippen molar-refractivity contribution in [1.29, 1.82) is 5.26 Å². The normalized spacial score (nSPS) is 11.8. The van der Waals surface area contributed by atoms with Crippen molar-refractivity contribution in [2.75, 3.05) is 0 Å². The number of rotatable bonds is 5. The monoisotopic (exact) mass is 344 g/mol. The quantitative estimate of drug-likeness (QED) is 0.569. The van der Waals surface area contributed by atoms with Crippen LogP contribution in [0.15, 0.2) is 65.9 Å². The van der Waals surface area contributed by atoms with Crippen LogP contribution in [0.4, 0.5) is 0 Å². The van der Waals surface area contributed by atoms with E-state index in [1.165, 1.54) is 6.21 Å². The third kappa shape index (κ3) is 4.22. The Labute approximate surface area is 150 Å². The minimum atomic E-state index is -0.706. The Bertz CT molecular complexity index is 991. The maximum atomic E-state index is 12.1. The fourth-order valence-electron chi connectivity index (χ4n) is 2.29. The lowest BCUT2D eigenvalue weighted by molar-refractivity contribution is -0.127. The van der Waals surface area contributed by atoms with Gasteiger partial charge in [-0.3, -0.25) is 9.78 Å². The molecule has 0 aliphatic carbocycles. The van der Waals surface area contributed by atoms with E-state index in [0.29, 0.717) is 11.3 Å². The number of hydrogen-bond donors (Lipinski definition) is 1. The number of pyridine rings is 1. The van der Waals surface area contributed by atoms with Crippen molar-refractivity contribution >= 4 is 23.0 Å². The fraction of sp³-hybridized carbons (Fsp3) is 0.100. The number of amides is 1. The van der Waals surface area contributed by atoms with Crippen LogP contribution in [0.2, 0.25) is 0 Å². The summed E-state index contributed by atoms with van der Waals surface area (Å²) in [6.07, 6.45) is 2.53. The predicted octanol–water partition coefficient (Wildman–Crippen LogP) is 3.02. The summed E-state index contributed by atoms with van der Waals surface area (Å²) < 4.78 is 5.67. The van der Waals surface area contributed by atoms with E-state index >= 15 is 0 Å². The number of nitrogens with one attached hydrogen (secondary N) is 1. The minimum absolute atomic E-state index is 0.360. The molecule has 0 aliphatic rings. The molecule has 1 N–H and O–H groups in total. The molecule has 0 spiro atoms. The van der Waals surface area contributed by atoms with Gasteiger partial charge in [0.15, 0.2) is 6.10 Å². The van der Waals surface area contributed by atoms with E-state index in [1.54, 1.807) is 43.5 Å². The van der Waals surface area contributed by atoms with E-state index in [9.17, 15) is 4.79 Å². The standard InChI is InChI=1S/C20H16N4O2/c1-14(26-18-8-9-19-17(11-18)3-2-10-22-19)20(25)24-23-13-16-6-4-15(12-21)5-7-16/h2-11,13-14H,1H3,(H,24,25)/b23-13+. The van der Waals surface area contributed by atoms with Gasteiger partial charge in [0.05, 0.1) is 23.4 Å². The molecule has 128 valence electrons. The average Bonchev–Trinajstić information content (AvgIpc) is 2.68. The zero-order valence-electron chi connectivity index (χ0n) is 14.1. The zero-order chi connectivity index (χ0) is 18.4. The third-order valence-corrected chi connectivity index (χ3v) is 3.68. The molecule has 0 fully saturated rings. The van der Waals surface area contributed by atoms with Crippen molar-refractivity contribution in [3.63, 3.8) is 0 Å². The molecule has 2 aromatic carbocycles. The van der Waals surface area contributed by atoms with Gasteiger partial charge in [-0.2, -0.15) is 10.4 Å². The van der Waals surface area contributed by atoms with Crippen molar-refractivity contribution in [2.45, 2.75) is 13.0 Å². The van der Waals surface area contributed by atoms with Crippen LogP contribution in [0.25, 0.3) is 10.9 Å². The number of aromatic nitrogens is 1. The van der Waals surface area contributed by atoms with Gasteiger partial charge in [-0.1, -0.05) is 18.2 Å². The lowest BCUT2D eigenvalue weighted by Crippen LogP contribution is -2.33. The molecule has 6 heteroatoms. The Balaban J connectivity index is 1.58. The van der Waals surface area contributed by atoms with Gasteiger partial charge < -0.3 is 4.74 Å². The Kier molecular flexibility index (Phi) is 5.20. The minimum Gasteiger partial charge on any atom is -0.481 e. The van der Waals surface area contributed by atoms with Crippen molar-refractivity contribution < 1.29 is 9.53 Å². The van der Waals surface area contributed by atoms with Crippen LogP contribution >= 0.6 is 0 Å². The number of hydrogen-bond acceptors (Lipinski definition) is 5. The molecule has 6 nitrogen and oxygen atoms in total. The molecule has 26 heavy (non-hydrogen) atoms. The van der Waals surface area contributed by atoms with Crippen molar-refractivity contribution in [1.82, 2.24) is 10.4 Å². The summed E-state index contributed by atoms with van der Waals surface area (Å²) in [4.78, 5) is 16.3. The molecule has 0 bridgehead atoms. The van der Waals surface area contributed by atoms with E-state index in [0.717, 1.165) is 16.5 Å². The molecule has 0 saturated carbocycles. The lowest BCUT2D eigenvalue weighted by atomic mass is 10.2. The van der Waals surface area contributed by atoms with Gasteiger partial charge in [-0.15, -0.1) is 0 Å². The largest absolute Gasteiger partial charge is 0.481 e. The molecule has 1 atom stereocenters. The molecular weight excluding hydrogens is 328 g/mol. The number of benzene rings is 2. The first-order valence-corrected chi connectivity index (χ1v) is 8.00. The SMILES string of the molecule is CC(Oc1ccc2ncccc2c1)C(=O)N/N=C/c1ccc(C#N)cc1. The third-order valence-electron chi connectivity index (χ3n) is 3.68. The van der Waals surface area contributed by atoms with Gasteiger partial charge in [0.2, 0.25) is 0 Å². The first kappa shape index (κ1) is 17.1. The van der Waals surface area contributed by atoms with Crippen molar-refractivity contribution in [3.05, 3.63) is 71.9 Å². The Morgan fingerprint density at radius 2 is 2.08 bits per heavy atom. The summed E-state index contributed by atoms with van der Waals surface area (Å²) in [5, 5.41) is 13.6. The summed E-state index contributed by atoms with van der Waals surface area (Å²) in [6.45, 7) is 1.65. The van der Waals surface area contributed by atoms with Crippen LogP contribution in [0.5, 0.6) is 5.75 Å². The molecule has 1 aromatic heterocycles. The van der Waals surface area contributed by atoms with Gasteiger partial charge in [-0.05, 0) is 48.9 Å². The lowest BCUT2D eigenvalue weighted by Gasteiger charge is -2.13. The number of carbonyl (C=O) groups excluding carboxylic acids is 1. The highest BCUT2D eigenvalue weighted by atomic mass is 16.5. The Hall–Kier alpha value is -3.72. The molecular formula is C20H16N4O2. The number of ether oxygens (including phenoxy) is 1. The molecule has 3 aromatic rings. The van der Waals surface area contributed by atoms with E-state index in [-0.39, 0.29) is 5.91 Å². The number of hydrazone groups is 1. The maximum absolute atomic E-state index is 12.1. The first-order valence-electron chi connectivity index (χ1n) is 8.00. The molecule has 1 heterocycles. The number of nitrogens with zero attached hydrogens (tertiary/aromatic N) is 3. The fourth-order valence-corrected chi connectivity index (χ4v) is 2.29. The highest BCUT2D eigenvalue weighted by Gasteiger charge is 2.14. The number of carbonyl (C=O) groups is 1. The van der Waals surface area contributed by atoms with E-state index in [4.69, 9.17) is 10.00 Å². The zero-order valence-corrected chi connectivity index (χ0v) is 14.1. The van der Waals surface area contributed by atoms with Crippen LogP contribution in [-0.4, -0.2) is 23.2 Å². The van der Waals surface area contributed by atoms with Crippen LogP contribution in [0, 0.1) is 11.3 Å². The number of fused-ring (bicyclic) bond motifs is 1.